The standard InChI is InChI=1S/C5H5N2OS/c6-5(9)7-4-1-2-8-3-4/h1-3,6H,(H,7,9). The predicted octanol–water partition coefficient (Wildman–Crippen LogP) is 1.26. The molecule has 0 bridgehead atoms. The van der Waals surface area contributed by atoms with E-state index in [0.717, 1.165) is 5.69 Å². The van der Waals surface area contributed by atoms with Gasteiger partial charge >= 0.3 is 0 Å². The maximum absolute atomic E-state index is 6.83. The second-order valence-corrected chi connectivity index (χ2v) is 1.87. The fourth-order valence-corrected chi connectivity index (χ4v) is 0.585. The van der Waals surface area contributed by atoms with Gasteiger partial charge in [0.25, 0.3) is 0 Å². The Balaban J connectivity index is 2.58. The summed E-state index contributed by atoms with van der Waals surface area (Å²) >= 11 is 4.46. The van der Waals surface area contributed by atoms with Gasteiger partial charge in [-0.15, -0.1) is 0 Å². The first-order valence-corrected chi connectivity index (χ1v) is 2.74. The molecule has 4 heteroatoms. The summed E-state index contributed by atoms with van der Waals surface area (Å²) in [5.41, 5.74) is 7.55. The molecule has 0 aliphatic carbocycles. The van der Waals surface area contributed by atoms with Crippen LogP contribution in [0.3, 0.4) is 0 Å². The van der Waals surface area contributed by atoms with Crippen LogP contribution < -0.4 is 11.1 Å². The van der Waals surface area contributed by atoms with Crippen molar-refractivity contribution in [3.05, 3.63) is 18.6 Å². The summed E-state index contributed by atoms with van der Waals surface area (Å²) in [5.74, 6) is 0. The van der Waals surface area contributed by atoms with Gasteiger partial charge in [0.2, 0.25) is 0 Å². The zero-order chi connectivity index (χ0) is 6.69. The molecule has 0 aliphatic heterocycles. The molecule has 0 fully saturated rings. The van der Waals surface area contributed by atoms with E-state index >= 15 is 0 Å². The SMILES string of the molecule is [NH]C(=S)Nc1ccoc1. The van der Waals surface area contributed by atoms with Crippen LogP contribution in [0, 0.1) is 0 Å². The van der Waals surface area contributed by atoms with Crippen molar-refractivity contribution >= 4 is 23.0 Å². The molecule has 1 rings (SSSR count). The molecule has 0 spiro atoms. The second-order valence-electron chi connectivity index (χ2n) is 1.47. The van der Waals surface area contributed by atoms with Crippen molar-refractivity contribution in [2.24, 2.45) is 0 Å². The smallest absolute Gasteiger partial charge is 0.189 e. The zero-order valence-electron chi connectivity index (χ0n) is 4.55. The number of thiocarbonyl (C=S) groups is 1. The fraction of sp³-hybridized carbons (Fsp3) is 0. The van der Waals surface area contributed by atoms with E-state index in [0.29, 0.717) is 0 Å². The third-order valence-corrected chi connectivity index (χ3v) is 0.881. The summed E-state index contributed by atoms with van der Waals surface area (Å²) in [4.78, 5) is 0. The minimum absolute atomic E-state index is 0.00333. The van der Waals surface area contributed by atoms with Crippen LogP contribution in [0.5, 0.6) is 0 Å². The van der Waals surface area contributed by atoms with Crippen molar-refractivity contribution in [1.82, 2.24) is 5.73 Å². The van der Waals surface area contributed by atoms with Crippen molar-refractivity contribution in [2.45, 2.75) is 0 Å². The van der Waals surface area contributed by atoms with E-state index in [9.17, 15) is 0 Å². The topological polar surface area (TPSA) is 49.0 Å². The minimum atomic E-state index is -0.00333. The maximum Gasteiger partial charge on any atom is 0.189 e. The van der Waals surface area contributed by atoms with Gasteiger partial charge in [-0.25, -0.2) is 0 Å². The summed E-state index contributed by atoms with van der Waals surface area (Å²) in [6.07, 6.45) is 3.00. The van der Waals surface area contributed by atoms with Crippen molar-refractivity contribution in [3.8, 4) is 0 Å². The molecular weight excluding hydrogens is 136 g/mol. The quantitative estimate of drug-likeness (QED) is 0.599. The Morgan fingerprint density at radius 2 is 2.56 bits per heavy atom. The third-order valence-electron chi connectivity index (χ3n) is 0.779. The fourth-order valence-electron chi connectivity index (χ4n) is 0.467. The van der Waals surface area contributed by atoms with Gasteiger partial charge < -0.3 is 9.73 Å². The molecule has 0 atom stereocenters. The van der Waals surface area contributed by atoms with Crippen LogP contribution in [-0.2, 0) is 0 Å². The van der Waals surface area contributed by atoms with E-state index < -0.39 is 0 Å². The van der Waals surface area contributed by atoms with Crippen molar-refractivity contribution in [1.29, 1.82) is 0 Å². The lowest BCUT2D eigenvalue weighted by Crippen LogP contribution is -2.07. The first-order valence-electron chi connectivity index (χ1n) is 2.34. The van der Waals surface area contributed by atoms with Gasteiger partial charge in [0, 0.05) is 0 Å². The first kappa shape index (κ1) is 6.10. The lowest BCUT2D eigenvalue weighted by molar-refractivity contribution is 0.568. The van der Waals surface area contributed by atoms with Gasteiger partial charge in [0.05, 0.1) is 12.0 Å². The number of hydrogen-bond donors (Lipinski definition) is 1. The molecule has 0 saturated carbocycles. The Morgan fingerprint density at radius 3 is 3.00 bits per heavy atom. The summed E-state index contributed by atoms with van der Waals surface area (Å²) in [7, 11) is 0. The maximum atomic E-state index is 6.83. The third kappa shape index (κ3) is 1.73. The van der Waals surface area contributed by atoms with E-state index in [1.165, 1.54) is 12.5 Å². The Hall–Kier alpha value is -1.03. The zero-order valence-corrected chi connectivity index (χ0v) is 5.37. The van der Waals surface area contributed by atoms with Crippen molar-refractivity contribution < 1.29 is 4.42 Å². The first-order chi connectivity index (χ1) is 4.29. The van der Waals surface area contributed by atoms with Gasteiger partial charge in [-0.3, -0.25) is 5.73 Å². The van der Waals surface area contributed by atoms with E-state index in [4.69, 9.17) is 10.2 Å². The molecule has 1 radical (unpaired) electrons. The highest BCUT2D eigenvalue weighted by molar-refractivity contribution is 7.80. The van der Waals surface area contributed by atoms with Gasteiger partial charge in [-0.1, -0.05) is 0 Å². The van der Waals surface area contributed by atoms with E-state index in [-0.39, 0.29) is 5.11 Å². The van der Waals surface area contributed by atoms with Crippen LogP contribution in [0.2, 0.25) is 0 Å². The van der Waals surface area contributed by atoms with Gasteiger partial charge in [-0.05, 0) is 18.3 Å². The number of hydrogen-bond acceptors (Lipinski definition) is 2. The Kier molecular flexibility index (Phi) is 1.69. The number of furan rings is 1. The van der Waals surface area contributed by atoms with Crippen LogP contribution in [0.4, 0.5) is 5.69 Å². The van der Waals surface area contributed by atoms with Gasteiger partial charge in [-0.2, -0.15) is 0 Å². The van der Waals surface area contributed by atoms with Gasteiger partial charge in [0.1, 0.15) is 6.26 Å². The van der Waals surface area contributed by atoms with Crippen LogP contribution in [-0.4, -0.2) is 5.11 Å². The molecule has 1 aromatic rings. The summed E-state index contributed by atoms with van der Waals surface area (Å²) < 4.78 is 4.71. The van der Waals surface area contributed by atoms with Crippen molar-refractivity contribution in [2.75, 3.05) is 5.32 Å². The van der Waals surface area contributed by atoms with E-state index in [1.807, 2.05) is 0 Å². The normalized spacial score (nSPS) is 8.89. The molecule has 2 N–H and O–H groups in total. The molecule has 0 unspecified atom stereocenters. The number of anilines is 1. The van der Waals surface area contributed by atoms with Crippen LogP contribution in [0.25, 0.3) is 0 Å². The summed E-state index contributed by atoms with van der Waals surface area (Å²) in [6, 6.07) is 1.70. The predicted molar refractivity (Wildman–Crippen MR) is 38.0 cm³/mol. The summed E-state index contributed by atoms with van der Waals surface area (Å²) in [5, 5.41) is 2.59. The largest absolute Gasteiger partial charge is 0.470 e. The summed E-state index contributed by atoms with van der Waals surface area (Å²) in [6.45, 7) is 0. The highest BCUT2D eigenvalue weighted by Gasteiger charge is 1.91. The van der Waals surface area contributed by atoms with E-state index in [2.05, 4.69) is 17.5 Å². The molecule has 0 amide bonds. The molecule has 9 heavy (non-hydrogen) atoms. The molecule has 3 nitrogen and oxygen atoms in total. The highest BCUT2D eigenvalue weighted by atomic mass is 32.1. The lowest BCUT2D eigenvalue weighted by atomic mass is 10.5. The Bertz CT molecular complexity index is 195. The molecule has 0 saturated heterocycles. The number of rotatable bonds is 1. The second kappa shape index (κ2) is 2.50. The van der Waals surface area contributed by atoms with E-state index in [1.54, 1.807) is 6.07 Å². The number of nitrogens with one attached hydrogen (secondary N) is 2. The minimum Gasteiger partial charge on any atom is -0.470 e. The molecule has 0 aromatic carbocycles. The van der Waals surface area contributed by atoms with Crippen molar-refractivity contribution in [3.63, 3.8) is 0 Å². The highest BCUT2D eigenvalue weighted by Crippen LogP contribution is 2.05. The average molecular weight is 141 g/mol. The molecule has 1 heterocycles. The molecular formula is C5H5N2OS. The monoisotopic (exact) mass is 141 g/mol. The Morgan fingerprint density at radius 1 is 1.78 bits per heavy atom. The Labute approximate surface area is 57.8 Å². The lowest BCUT2D eigenvalue weighted by Gasteiger charge is -1.93. The molecule has 47 valence electrons. The van der Waals surface area contributed by atoms with Gasteiger partial charge in [0.15, 0.2) is 5.11 Å². The molecule has 1 aromatic heterocycles. The van der Waals surface area contributed by atoms with Crippen LogP contribution in [0.1, 0.15) is 0 Å². The molecule has 0 aliphatic rings. The van der Waals surface area contributed by atoms with Crippen LogP contribution >= 0.6 is 12.2 Å². The average Bonchev–Trinajstić information content (AvgIpc) is 2.15. The van der Waals surface area contributed by atoms with Crippen LogP contribution in [0.15, 0.2) is 23.0 Å².